The average molecular weight is 260 g/mol. The van der Waals surface area contributed by atoms with E-state index in [1.165, 1.54) is 0 Å². The van der Waals surface area contributed by atoms with E-state index in [1.54, 1.807) is 6.07 Å². The Labute approximate surface area is 114 Å². The highest BCUT2D eigenvalue weighted by molar-refractivity contribution is 5.34. The second kappa shape index (κ2) is 6.16. The molecular formula is C15H20N2O2. The van der Waals surface area contributed by atoms with Gasteiger partial charge in [-0.3, -0.25) is 0 Å². The number of benzene rings is 1. The molecule has 1 saturated heterocycles. The molecule has 4 nitrogen and oxygen atoms in total. The van der Waals surface area contributed by atoms with Gasteiger partial charge in [0.05, 0.1) is 17.2 Å². The molecule has 1 aromatic rings. The van der Waals surface area contributed by atoms with Gasteiger partial charge >= 0.3 is 0 Å². The van der Waals surface area contributed by atoms with Crippen LogP contribution < -0.4 is 5.32 Å². The van der Waals surface area contributed by atoms with Crippen LogP contribution in [0.3, 0.4) is 0 Å². The Hall–Kier alpha value is -1.41. The Morgan fingerprint density at radius 2 is 2.21 bits per heavy atom. The maximum Gasteiger partial charge on any atom is 0.0991 e. The van der Waals surface area contributed by atoms with E-state index in [-0.39, 0.29) is 6.04 Å². The second-order valence-electron chi connectivity index (χ2n) is 5.18. The Bertz CT molecular complexity index is 461. The molecule has 19 heavy (non-hydrogen) atoms. The van der Waals surface area contributed by atoms with Gasteiger partial charge in [-0.1, -0.05) is 12.1 Å². The van der Waals surface area contributed by atoms with Gasteiger partial charge in [0, 0.05) is 38.6 Å². The number of nitriles is 1. The lowest BCUT2D eigenvalue weighted by Gasteiger charge is -2.33. The molecular weight excluding hydrogens is 240 g/mol. The minimum atomic E-state index is -0.667. The van der Waals surface area contributed by atoms with E-state index in [4.69, 9.17) is 10.00 Å². The SMILES string of the molecule is CC(NCC1(O)CCOCC1)c1cccc(C#N)c1. The highest BCUT2D eigenvalue weighted by Gasteiger charge is 2.29. The summed E-state index contributed by atoms with van der Waals surface area (Å²) in [6.45, 7) is 3.83. The minimum absolute atomic E-state index is 0.111. The number of nitrogens with zero attached hydrogens (tertiary/aromatic N) is 1. The summed E-state index contributed by atoms with van der Waals surface area (Å²) >= 11 is 0. The molecule has 0 amide bonds. The lowest BCUT2D eigenvalue weighted by molar-refractivity contribution is -0.0626. The number of hydrogen-bond acceptors (Lipinski definition) is 4. The molecule has 2 rings (SSSR count). The van der Waals surface area contributed by atoms with Crippen molar-refractivity contribution in [3.05, 3.63) is 35.4 Å². The van der Waals surface area contributed by atoms with Crippen LogP contribution in [-0.4, -0.2) is 30.5 Å². The van der Waals surface area contributed by atoms with E-state index >= 15 is 0 Å². The minimum Gasteiger partial charge on any atom is -0.388 e. The van der Waals surface area contributed by atoms with Crippen molar-refractivity contribution in [2.45, 2.75) is 31.4 Å². The van der Waals surface area contributed by atoms with Gasteiger partial charge in [-0.2, -0.15) is 5.26 Å². The molecule has 0 saturated carbocycles. The smallest absolute Gasteiger partial charge is 0.0991 e. The van der Waals surface area contributed by atoms with Gasteiger partial charge in [-0.05, 0) is 24.6 Å². The van der Waals surface area contributed by atoms with Gasteiger partial charge in [-0.15, -0.1) is 0 Å². The second-order valence-corrected chi connectivity index (χ2v) is 5.18. The molecule has 0 bridgehead atoms. The normalized spacial score (nSPS) is 19.6. The van der Waals surface area contributed by atoms with Crippen LogP contribution in [0.1, 0.15) is 36.9 Å². The predicted molar refractivity (Wildman–Crippen MR) is 72.6 cm³/mol. The van der Waals surface area contributed by atoms with Crippen LogP contribution in [0.5, 0.6) is 0 Å². The van der Waals surface area contributed by atoms with Crippen LogP contribution in [0, 0.1) is 11.3 Å². The third-order valence-corrected chi connectivity index (χ3v) is 3.68. The highest BCUT2D eigenvalue weighted by atomic mass is 16.5. The Kier molecular flexibility index (Phi) is 4.54. The van der Waals surface area contributed by atoms with Crippen LogP contribution >= 0.6 is 0 Å². The summed E-state index contributed by atoms with van der Waals surface area (Å²) in [5.74, 6) is 0. The van der Waals surface area contributed by atoms with Gasteiger partial charge in [0.15, 0.2) is 0 Å². The van der Waals surface area contributed by atoms with E-state index < -0.39 is 5.60 Å². The van der Waals surface area contributed by atoms with E-state index in [9.17, 15) is 5.11 Å². The van der Waals surface area contributed by atoms with Crippen molar-refractivity contribution in [3.63, 3.8) is 0 Å². The number of hydrogen-bond donors (Lipinski definition) is 2. The Morgan fingerprint density at radius 1 is 1.47 bits per heavy atom. The van der Waals surface area contributed by atoms with E-state index in [2.05, 4.69) is 11.4 Å². The first-order chi connectivity index (χ1) is 9.13. The fourth-order valence-electron chi connectivity index (χ4n) is 2.27. The summed E-state index contributed by atoms with van der Waals surface area (Å²) in [6, 6.07) is 9.80. The molecule has 0 aromatic heterocycles. The summed E-state index contributed by atoms with van der Waals surface area (Å²) in [5, 5.41) is 22.6. The summed E-state index contributed by atoms with van der Waals surface area (Å²) in [5.41, 5.74) is 1.06. The molecule has 1 aliphatic rings. The number of rotatable bonds is 4. The first-order valence-electron chi connectivity index (χ1n) is 6.66. The molecule has 1 heterocycles. The largest absolute Gasteiger partial charge is 0.388 e. The quantitative estimate of drug-likeness (QED) is 0.865. The Morgan fingerprint density at radius 3 is 2.89 bits per heavy atom. The van der Waals surface area contributed by atoms with Crippen LogP contribution in [-0.2, 0) is 4.74 Å². The zero-order chi connectivity index (χ0) is 13.7. The molecule has 0 aliphatic carbocycles. The molecule has 1 unspecified atom stereocenters. The summed E-state index contributed by atoms with van der Waals surface area (Å²) in [6.07, 6.45) is 1.34. The van der Waals surface area contributed by atoms with E-state index in [0.717, 1.165) is 5.56 Å². The lowest BCUT2D eigenvalue weighted by Crippen LogP contribution is -2.45. The van der Waals surface area contributed by atoms with Crippen molar-refractivity contribution in [1.29, 1.82) is 5.26 Å². The number of aliphatic hydroxyl groups is 1. The zero-order valence-electron chi connectivity index (χ0n) is 11.2. The van der Waals surface area contributed by atoms with E-state index in [1.807, 2.05) is 25.1 Å². The van der Waals surface area contributed by atoms with Crippen molar-refractivity contribution in [1.82, 2.24) is 5.32 Å². The van der Waals surface area contributed by atoms with Crippen LogP contribution in [0.2, 0.25) is 0 Å². The van der Waals surface area contributed by atoms with Crippen molar-refractivity contribution < 1.29 is 9.84 Å². The van der Waals surface area contributed by atoms with Gasteiger partial charge in [0.25, 0.3) is 0 Å². The summed E-state index contributed by atoms with van der Waals surface area (Å²) in [7, 11) is 0. The summed E-state index contributed by atoms with van der Waals surface area (Å²) < 4.78 is 5.26. The molecule has 1 aliphatic heterocycles. The van der Waals surface area contributed by atoms with Crippen LogP contribution in [0.25, 0.3) is 0 Å². The number of nitrogens with one attached hydrogen (secondary N) is 1. The summed E-state index contributed by atoms with van der Waals surface area (Å²) in [4.78, 5) is 0. The first kappa shape index (κ1) is 14.0. The van der Waals surface area contributed by atoms with Crippen molar-refractivity contribution in [2.75, 3.05) is 19.8 Å². The van der Waals surface area contributed by atoms with Crippen LogP contribution in [0.15, 0.2) is 24.3 Å². The van der Waals surface area contributed by atoms with E-state index in [0.29, 0.717) is 38.2 Å². The van der Waals surface area contributed by atoms with Crippen molar-refractivity contribution in [2.24, 2.45) is 0 Å². The molecule has 4 heteroatoms. The van der Waals surface area contributed by atoms with Gasteiger partial charge in [-0.25, -0.2) is 0 Å². The molecule has 0 spiro atoms. The standard InChI is InChI=1S/C15H20N2O2/c1-12(14-4-2-3-13(9-14)10-16)17-11-15(18)5-7-19-8-6-15/h2-4,9,12,17-18H,5-8,11H2,1H3. The molecule has 1 atom stereocenters. The predicted octanol–water partition coefficient (Wildman–Crippen LogP) is 1.75. The van der Waals surface area contributed by atoms with Gasteiger partial charge in [0.1, 0.15) is 0 Å². The molecule has 0 radical (unpaired) electrons. The van der Waals surface area contributed by atoms with Crippen molar-refractivity contribution >= 4 is 0 Å². The Balaban J connectivity index is 1.93. The lowest BCUT2D eigenvalue weighted by atomic mass is 9.93. The fourth-order valence-corrected chi connectivity index (χ4v) is 2.27. The maximum atomic E-state index is 10.4. The molecule has 1 fully saturated rings. The third-order valence-electron chi connectivity index (χ3n) is 3.68. The third kappa shape index (κ3) is 3.77. The zero-order valence-corrected chi connectivity index (χ0v) is 11.2. The van der Waals surface area contributed by atoms with Gasteiger partial charge in [0.2, 0.25) is 0 Å². The van der Waals surface area contributed by atoms with Crippen LogP contribution in [0.4, 0.5) is 0 Å². The van der Waals surface area contributed by atoms with Gasteiger partial charge < -0.3 is 15.2 Å². The molecule has 2 N–H and O–H groups in total. The number of ether oxygens (including phenoxy) is 1. The molecule has 1 aromatic carbocycles. The molecule has 102 valence electrons. The van der Waals surface area contributed by atoms with Crippen molar-refractivity contribution in [3.8, 4) is 6.07 Å². The fraction of sp³-hybridized carbons (Fsp3) is 0.533. The first-order valence-corrected chi connectivity index (χ1v) is 6.66. The highest BCUT2D eigenvalue weighted by Crippen LogP contribution is 2.21. The average Bonchev–Trinajstić information content (AvgIpc) is 2.46. The monoisotopic (exact) mass is 260 g/mol. The topological polar surface area (TPSA) is 65.3 Å². The maximum absolute atomic E-state index is 10.4.